The van der Waals surface area contributed by atoms with Crippen molar-refractivity contribution in [2.45, 2.75) is 6.54 Å². The van der Waals surface area contributed by atoms with Gasteiger partial charge in [-0.15, -0.1) is 0 Å². The third kappa shape index (κ3) is 5.28. The van der Waals surface area contributed by atoms with Gasteiger partial charge in [-0.05, 0) is 49.0 Å². The van der Waals surface area contributed by atoms with Crippen LogP contribution in [0.15, 0.2) is 53.0 Å². The molecule has 0 saturated heterocycles. The molecule has 0 fully saturated rings. The van der Waals surface area contributed by atoms with Crippen molar-refractivity contribution in [2.75, 3.05) is 18.9 Å². The highest BCUT2D eigenvalue weighted by atomic mass is 79.9. The van der Waals surface area contributed by atoms with E-state index in [1.165, 1.54) is 12.1 Å². The lowest BCUT2D eigenvalue weighted by Gasteiger charge is -2.16. The molecule has 1 amide bonds. The minimum Gasteiger partial charge on any atom is -0.325 e. The second kappa shape index (κ2) is 7.33. The number of nitrogens with zero attached hydrogens (tertiary/aromatic N) is 1. The van der Waals surface area contributed by atoms with Gasteiger partial charge in [-0.25, -0.2) is 4.39 Å². The van der Waals surface area contributed by atoms with Crippen LogP contribution >= 0.6 is 15.9 Å². The average Bonchev–Trinajstić information content (AvgIpc) is 2.41. The lowest BCUT2D eigenvalue weighted by molar-refractivity contribution is -0.117. The number of amides is 1. The van der Waals surface area contributed by atoms with Crippen molar-refractivity contribution in [3.8, 4) is 0 Å². The third-order valence-corrected chi connectivity index (χ3v) is 3.41. The van der Waals surface area contributed by atoms with Crippen molar-refractivity contribution in [1.29, 1.82) is 0 Å². The van der Waals surface area contributed by atoms with Gasteiger partial charge in [0.2, 0.25) is 5.91 Å². The summed E-state index contributed by atoms with van der Waals surface area (Å²) in [6.45, 7) is 0.762. The van der Waals surface area contributed by atoms with Crippen LogP contribution in [0.3, 0.4) is 0 Å². The van der Waals surface area contributed by atoms with Crippen LogP contribution in [0.5, 0.6) is 0 Å². The SMILES string of the molecule is CN(CC(=O)Nc1ccc(Br)cc1)Cc1cccc(F)c1. The first-order valence-corrected chi connectivity index (χ1v) is 7.30. The average molecular weight is 351 g/mol. The molecule has 0 radical (unpaired) electrons. The van der Waals surface area contributed by atoms with E-state index in [1.54, 1.807) is 6.07 Å². The van der Waals surface area contributed by atoms with Gasteiger partial charge in [-0.1, -0.05) is 28.1 Å². The first-order valence-electron chi connectivity index (χ1n) is 6.51. The molecule has 0 saturated carbocycles. The van der Waals surface area contributed by atoms with Crippen LogP contribution in [0.4, 0.5) is 10.1 Å². The Labute approximate surface area is 131 Å². The molecule has 0 aliphatic heterocycles. The Morgan fingerprint density at radius 3 is 2.62 bits per heavy atom. The van der Waals surface area contributed by atoms with Gasteiger partial charge in [-0.2, -0.15) is 0 Å². The summed E-state index contributed by atoms with van der Waals surface area (Å²) in [7, 11) is 1.83. The maximum atomic E-state index is 13.1. The fourth-order valence-electron chi connectivity index (χ4n) is 1.98. The molecule has 0 spiro atoms. The Balaban J connectivity index is 1.86. The first-order chi connectivity index (χ1) is 10.0. The van der Waals surface area contributed by atoms with Crippen LogP contribution in [0.25, 0.3) is 0 Å². The lowest BCUT2D eigenvalue weighted by Crippen LogP contribution is -2.29. The van der Waals surface area contributed by atoms with Crippen molar-refractivity contribution < 1.29 is 9.18 Å². The Morgan fingerprint density at radius 1 is 1.24 bits per heavy atom. The number of nitrogens with one attached hydrogen (secondary N) is 1. The highest BCUT2D eigenvalue weighted by Gasteiger charge is 2.08. The fourth-order valence-corrected chi connectivity index (χ4v) is 2.25. The predicted molar refractivity (Wildman–Crippen MR) is 85.5 cm³/mol. The molecule has 0 heterocycles. The van der Waals surface area contributed by atoms with Crippen LogP contribution < -0.4 is 5.32 Å². The van der Waals surface area contributed by atoms with Gasteiger partial charge in [-0.3, -0.25) is 9.69 Å². The Bertz CT molecular complexity index is 616. The highest BCUT2D eigenvalue weighted by Crippen LogP contribution is 2.14. The van der Waals surface area contributed by atoms with E-state index in [0.29, 0.717) is 6.54 Å². The van der Waals surface area contributed by atoms with Crippen molar-refractivity contribution in [2.24, 2.45) is 0 Å². The van der Waals surface area contributed by atoms with Crippen LogP contribution in [-0.2, 0) is 11.3 Å². The number of rotatable bonds is 5. The minimum atomic E-state index is -0.264. The molecule has 0 unspecified atom stereocenters. The van der Waals surface area contributed by atoms with Crippen LogP contribution in [0.2, 0.25) is 0 Å². The number of halogens is 2. The van der Waals surface area contributed by atoms with Gasteiger partial charge in [0, 0.05) is 16.7 Å². The summed E-state index contributed by atoms with van der Waals surface area (Å²) in [5.74, 6) is -0.364. The number of anilines is 1. The molecule has 21 heavy (non-hydrogen) atoms. The molecular formula is C16H16BrFN2O. The predicted octanol–water partition coefficient (Wildman–Crippen LogP) is 3.66. The Morgan fingerprint density at radius 2 is 1.95 bits per heavy atom. The smallest absolute Gasteiger partial charge is 0.238 e. The molecule has 110 valence electrons. The van der Waals surface area contributed by atoms with Crippen LogP contribution in [0.1, 0.15) is 5.56 Å². The van der Waals surface area contributed by atoms with Gasteiger partial charge in [0.1, 0.15) is 5.82 Å². The van der Waals surface area contributed by atoms with Crippen LogP contribution in [0, 0.1) is 5.82 Å². The van der Waals surface area contributed by atoms with Gasteiger partial charge in [0.05, 0.1) is 6.54 Å². The zero-order chi connectivity index (χ0) is 15.2. The summed E-state index contributed by atoms with van der Waals surface area (Å²) < 4.78 is 14.1. The Kier molecular flexibility index (Phi) is 5.47. The second-order valence-corrected chi connectivity index (χ2v) is 5.77. The van der Waals surface area contributed by atoms with E-state index in [9.17, 15) is 9.18 Å². The minimum absolute atomic E-state index is 0.101. The largest absolute Gasteiger partial charge is 0.325 e. The fraction of sp³-hybridized carbons (Fsp3) is 0.188. The molecule has 0 bridgehead atoms. The second-order valence-electron chi connectivity index (χ2n) is 4.86. The van der Waals surface area contributed by atoms with Crippen molar-refractivity contribution in [3.63, 3.8) is 0 Å². The van der Waals surface area contributed by atoms with E-state index in [0.717, 1.165) is 15.7 Å². The molecule has 3 nitrogen and oxygen atoms in total. The van der Waals surface area contributed by atoms with Crippen molar-refractivity contribution in [3.05, 3.63) is 64.4 Å². The number of carbonyl (C=O) groups is 1. The summed E-state index contributed by atoms with van der Waals surface area (Å²) in [5, 5.41) is 2.82. The molecule has 5 heteroatoms. The summed E-state index contributed by atoms with van der Waals surface area (Å²) in [4.78, 5) is 13.8. The van der Waals surface area contributed by atoms with E-state index in [2.05, 4.69) is 21.2 Å². The molecule has 0 aromatic heterocycles. The van der Waals surface area contributed by atoms with E-state index in [4.69, 9.17) is 0 Å². The first kappa shape index (κ1) is 15.7. The van der Waals surface area contributed by atoms with E-state index < -0.39 is 0 Å². The van der Waals surface area contributed by atoms with Crippen molar-refractivity contribution in [1.82, 2.24) is 4.90 Å². The third-order valence-electron chi connectivity index (χ3n) is 2.88. The quantitative estimate of drug-likeness (QED) is 0.892. The molecule has 1 N–H and O–H groups in total. The van der Waals surface area contributed by atoms with Gasteiger partial charge in [0.25, 0.3) is 0 Å². The number of hydrogen-bond donors (Lipinski definition) is 1. The van der Waals surface area contributed by atoms with Crippen molar-refractivity contribution >= 4 is 27.5 Å². The number of carbonyl (C=O) groups excluding carboxylic acids is 1. The maximum Gasteiger partial charge on any atom is 0.238 e. The molecule has 2 aromatic carbocycles. The summed E-state index contributed by atoms with van der Waals surface area (Å²) >= 11 is 3.34. The monoisotopic (exact) mass is 350 g/mol. The maximum absolute atomic E-state index is 13.1. The van der Waals surface area contributed by atoms with Gasteiger partial charge in [0.15, 0.2) is 0 Å². The number of likely N-dealkylation sites (N-methyl/N-ethyl adjacent to an activating group) is 1. The topological polar surface area (TPSA) is 32.3 Å². The highest BCUT2D eigenvalue weighted by molar-refractivity contribution is 9.10. The zero-order valence-electron chi connectivity index (χ0n) is 11.6. The normalized spacial score (nSPS) is 10.7. The van der Waals surface area contributed by atoms with Gasteiger partial charge < -0.3 is 5.32 Å². The van der Waals surface area contributed by atoms with Crippen LogP contribution in [-0.4, -0.2) is 24.4 Å². The standard InChI is InChI=1S/C16H16BrFN2O/c1-20(10-12-3-2-4-14(18)9-12)11-16(21)19-15-7-5-13(17)6-8-15/h2-9H,10-11H2,1H3,(H,19,21). The van der Waals surface area contributed by atoms with E-state index in [-0.39, 0.29) is 18.3 Å². The molecule has 2 aromatic rings. The lowest BCUT2D eigenvalue weighted by atomic mass is 10.2. The van der Waals surface area contributed by atoms with E-state index in [1.807, 2.05) is 42.3 Å². The summed E-state index contributed by atoms with van der Waals surface area (Å²) in [6, 6.07) is 13.8. The zero-order valence-corrected chi connectivity index (χ0v) is 13.2. The molecule has 0 atom stereocenters. The number of benzene rings is 2. The Hall–Kier alpha value is -1.72. The van der Waals surface area contributed by atoms with E-state index >= 15 is 0 Å². The molecule has 2 rings (SSSR count). The number of hydrogen-bond acceptors (Lipinski definition) is 2. The van der Waals surface area contributed by atoms with Gasteiger partial charge >= 0.3 is 0 Å². The summed E-state index contributed by atoms with van der Waals surface area (Å²) in [5.41, 5.74) is 1.59. The molecule has 0 aliphatic carbocycles. The summed E-state index contributed by atoms with van der Waals surface area (Å²) in [6.07, 6.45) is 0. The molecular weight excluding hydrogens is 335 g/mol. The molecule has 0 aliphatic rings.